The molecule has 7 nitrogen and oxygen atoms in total. The van der Waals surface area contributed by atoms with Crippen LogP contribution in [-0.2, 0) is 20.9 Å². The highest BCUT2D eigenvalue weighted by molar-refractivity contribution is 7.09. The van der Waals surface area contributed by atoms with Gasteiger partial charge in [0.05, 0.1) is 29.7 Å². The lowest BCUT2D eigenvalue weighted by molar-refractivity contribution is -0.154. The predicted octanol–water partition coefficient (Wildman–Crippen LogP) is 4.42. The van der Waals surface area contributed by atoms with E-state index >= 15 is 0 Å². The van der Waals surface area contributed by atoms with Gasteiger partial charge >= 0.3 is 5.97 Å². The number of allylic oxidation sites excluding steroid dienone is 1. The summed E-state index contributed by atoms with van der Waals surface area (Å²) in [6.07, 6.45) is 6.36. The van der Waals surface area contributed by atoms with Crippen molar-refractivity contribution in [3.05, 3.63) is 33.8 Å². The van der Waals surface area contributed by atoms with Gasteiger partial charge < -0.3 is 20.7 Å². The Balaban J connectivity index is 2.29. The molecular weight excluding hydrogens is 464 g/mol. The number of nitrogens with two attached hydrogens (primary N) is 1. The molecule has 0 saturated carbocycles. The highest BCUT2D eigenvalue weighted by atomic mass is 32.1. The fourth-order valence-corrected chi connectivity index (χ4v) is 5.05. The number of aromatic nitrogens is 1. The zero-order valence-electron chi connectivity index (χ0n) is 21.7. The molecule has 5 unspecified atom stereocenters. The summed E-state index contributed by atoms with van der Waals surface area (Å²) in [5.74, 6) is -1.44. The van der Waals surface area contributed by atoms with Gasteiger partial charge in [0.15, 0.2) is 0 Å². The third-order valence-corrected chi connectivity index (χ3v) is 7.93. The molecule has 8 heteroatoms. The van der Waals surface area contributed by atoms with E-state index in [1.165, 1.54) is 16.9 Å². The maximum absolute atomic E-state index is 13.4. The molecule has 35 heavy (non-hydrogen) atoms. The highest BCUT2D eigenvalue weighted by Gasteiger charge is 2.43. The number of thiazole rings is 1. The van der Waals surface area contributed by atoms with Crippen molar-refractivity contribution >= 4 is 29.2 Å². The summed E-state index contributed by atoms with van der Waals surface area (Å²) in [5.41, 5.74) is 6.38. The Kier molecular flexibility index (Phi) is 11.3. The number of esters is 1. The second kappa shape index (κ2) is 13.4. The number of aliphatic hydroxyl groups excluding tert-OH is 2. The summed E-state index contributed by atoms with van der Waals surface area (Å²) < 4.78 is 5.70. The minimum absolute atomic E-state index is 0.0466. The van der Waals surface area contributed by atoms with Crippen molar-refractivity contribution in [3.63, 3.8) is 0 Å². The fraction of sp³-hybridized carbons (Fsp3) is 0.667. The minimum Gasteiger partial charge on any atom is -0.458 e. The first-order valence-corrected chi connectivity index (χ1v) is 13.5. The molecule has 0 bridgehead atoms. The number of carbonyl (C=O) groups is 2. The first kappa shape index (κ1) is 29.4. The molecule has 196 valence electrons. The summed E-state index contributed by atoms with van der Waals surface area (Å²) >= 11 is 1.48. The first-order valence-electron chi connectivity index (χ1n) is 12.6. The summed E-state index contributed by atoms with van der Waals surface area (Å²) in [6, 6.07) is 0. The smallest absolute Gasteiger partial charge is 0.309 e. The Morgan fingerprint density at radius 1 is 1.31 bits per heavy atom. The lowest BCUT2D eigenvalue weighted by Crippen LogP contribution is -2.46. The summed E-state index contributed by atoms with van der Waals surface area (Å²) in [4.78, 5) is 30.5. The molecule has 4 N–H and O–H groups in total. The van der Waals surface area contributed by atoms with Crippen LogP contribution >= 0.6 is 11.3 Å². The van der Waals surface area contributed by atoms with Crippen molar-refractivity contribution in [2.75, 3.05) is 0 Å². The van der Waals surface area contributed by atoms with Gasteiger partial charge in [-0.25, -0.2) is 4.98 Å². The van der Waals surface area contributed by atoms with E-state index in [4.69, 9.17) is 10.5 Å². The van der Waals surface area contributed by atoms with Crippen molar-refractivity contribution in [2.24, 2.45) is 23.0 Å². The molecule has 1 aromatic rings. The second-order valence-electron chi connectivity index (χ2n) is 10.2. The third kappa shape index (κ3) is 8.34. The van der Waals surface area contributed by atoms with Gasteiger partial charge in [0.2, 0.25) is 0 Å². The zero-order valence-corrected chi connectivity index (χ0v) is 22.5. The number of cyclic esters (lactones) is 1. The molecule has 0 radical (unpaired) electrons. The minimum atomic E-state index is -1.22. The fourth-order valence-electron chi connectivity index (χ4n) is 4.41. The van der Waals surface area contributed by atoms with Crippen molar-refractivity contribution in [1.29, 1.82) is 0 Å². The van der Waals surface area contributed by atoms with E-state index < -0.39 is 35.6 Å². The van der Waals surface area contributed by atoms with Crippen molar-refractivity contribution < 1.29 is 24.5 Å². The van der Waals surface area contributed by atoms with Gasteiger partial charge in [-0.05, 0) is 50.7 Å². The van der Waals surface area contributed by atoms with Crippen molar-refractivity contribution in [1.82, 2.24) is 4.98 Å². The highest BCUT2D eigenvalue weighted by Crippen LogP contribution is 2.33. The zero-order chi connectivity index (χ0) is 26.2. The van der Waals surface area contributed by atoms with E-state index in [1.54, 1.807) is 19.9 Å². The number of nitrogens with zero attached hydrogens (tertiary/aromatic N) is 1. The number of ketones is 1. The SMILES string of the molecule is CCC1C(=O)C(C)(C)C(O)CC(=O)OC(C=Cc2csc(CN)n2)CC=C(C)CCCC(C)C1O. The molecule has 0 aliphatic carbocycles. The normalized spacial score (nSPS) is 29.7. The summed E-state index contributed by atoms with van der Waals surface area (Å²) in [6.45, 7) is 9.54. The van der Waals surface area contributed by atoms with Crippen LogP contribution in [0.4, 0.5) is 0 Å². The maximum atomic E-state index is 13.4. The molecule has 1 aliphatic rings. The Morgan fingerprint density at radius 3 is 2.66 bits per heavy atom. The summed E-state index contributed by atoms with van der Waals surface area (Å²) in [5, 5.41) is 24.5. The van der Waals surface area contributed by atoms with Crippen LogP contribution in [0, 0.1) is 17.3 Å². The molecule has 2 heterocycles. The van der Waals surface area contributed by atoms with E-state index in [0.717, 1.165) is 30.0 Å². The van der Waals surface area contributed by atoms with Gasteiger partial charge in [-0.1, -0.05) is 39.3 Å². The molecular formula is C27H42N2O5S. The van der Waals surface area contributed by atoms with Crippen LogP contribution in [0.25, 0.3) is 6.08 Å². The Bertz CT molecular complexity index is 907. The number of rotatable bonds is 4. The van der Waals surface area contributed by atoms with Gasteiger partial charge in [0.25, 0.3) is 0 Å². The number of Topliss-reactive ketones (excluding diaryl/α,β-unsaturated/α-hetero) is 1. The number of hydrogen-bond donors (Lipinski definition) is 3. The monoisotopic (exact) mass is 506 g/mol. The van der Waals surface area contributed by atoms with Crippen LogP contribution in [0.2, 0.25) is 0 Å². The molecule has 0 amide bonds. The predicted molar refractivity (Wildman–Crippen MR) is 140 cm³/mol. The quantitative estimate of drug-likeness (QED) is 0.408. The second-order valence-corrected chi connectivity index (χ2v) is 11.2. The topological polar surface area (TPSA) is 123 Å². The van der Waals surface area contributed by atoms with E-state index in [0.29, 0.717) is 19.4 Å². The van der Waals surface area contributed by atoms with Crippen LogP contribution in [0.5, 0.6) is 0 Å². The number of ether oxygens (including phenoxy) is 1. The number of aliphatic hydroxyl groups is 2. The van der Waals surface area contributed by atoms with Crippen LogP contribution in [0.3, 0.4) is 0 Å². The average Bonchev–Trinajstić information content (AvgIpc) is 3.28. The first-order chi connectivity index (χ1) is 16.5. The van der Waals surface area contributed by atoms with Crippen LogP contribution in [0.1, 0.15) is 83.8 Å². The van der Waals surface area contributed by atoms with Gasteiger partial charge in [-0.2, -0.15) is 0 Å². The molecule has 1 aromatic heterocycles. The van der Waals surface area contributed by atoms with Crippen LogP contribution in [-0.4, -0.2) is 45.3 Å². The molecule has 2 rings (SSSR count). The van der Waals surface area contributed by atoms with E-state index in [9.17, 15) is 19.8 Å². The van der Waals surface area contributed by atoms with Gasteiger partial charge in [-0.15, -0.1) is 11.3 Å². The molecule has 0 spiro atoms. The van der Waals surface area contributed by atoms with E-state index in [-0.39, 0.29) is 18.1 Å². The van der Waals surface area contributed by atoms with Crippen molar-refractivity contribution in [3.8, 4) is 0 Å². The van der Waals surface area contributed by atoms with Crippen LogP contribution < -0.4 is 5.73 Å². The van der Waals surface area contributed by atoms with E-state index in [2.05, 4.69) is 11.1 Å². The maximum Gasteiger partial charge on any atom is 0.309 e. The van der Waals surface area contributed by atoms with Gasteiger partial charge in [-0.3, -0.25) is 9.59 Å². The number of hydrogen-bond acceptors (Lipinski definition) is 8. The van der Waals surface area contributed by atoms with Crippen molar-refractivity contribution in [2.45, 2.75) is 98.0 Å². The Hall–Kier alpha value is -1.87. The molecule has 1 aliphatic heterocycles. The molecule has 0 fully saturated rings. The largest absolute Gasteiger partial charge is 0.458 e. The van der Waals surface area contributed by atoms with Crippen LogP contribution in [0.15, 0.2) is 23.1 Å². The van der Waals surface area contributed by atoms with Gasteiger partial charge in [0, 0.05) is 24.3 Å². The average molecular weight is 507 g/mol. The Labute approximate surface area is 213 Å². The standard InChI is InChI=1S/C27H42N2O5S/c1-6-21-25(32)18(3)9-7-8-17(2)10-12-20(13-11-19-16-35-23(15-28)29-19)34-24(31)14-22(30)27(4,5)26(21)33/h10-11,13,16,18,20-22,25,30,32H,6-9,12,14-15,28H2,1-5H3. The number of carbonyl (C=O) groups excluding carboxylic acids is 2. The Morgan fingerprint density at radius 2 is 2.03 bits per heavy atom. The third-order valence-electron chi connectivity index (χ3n) is 7.04. The lowest BCUT2D eigenvalue weighted by Gasteiger charge is -2.35. The van der Waals surface area contributed by atoms with E-state index in [1.807, 2.05) is 32.2 Å². The van der Waals surface area contributed by atoms with Gasteiger partial charge in [0.1, 0.15) is 16.9 Å². The lowest BCUT2D eigenvalue weighted by atomic mass is 9.71. The molecule has 5 atom stereocenters. The summed E-state index contributed by atoms with van der Waals surface area (Å²) in [7, 11) is 0. The molecule has 0 aromatic carbocycles. The molecule has 0 saturated heterocycles.